The number of esters is 3. The number of allylic oxidation sites excluding steroid dienone is 12. The van der Waals surface area contributed by atoms with E-state index in [2.05, 4.69) is 99.0 Å². The van der Waals surface area contributed by atoms with E-state index in [1.807, 2.05) is 0 Å². The van der Waals surface area contributed by atoms with E-state index >= 15 is 0 Å². The van der Waals surface area contributed by atoms with Crippen LogP contribution in [0.5, 0.6) is 0 Å². The standard InChI is InChI=1S/C60H105NO9S/c1-4-7-10-13-16-19-22-25-28-31-34-37-40-43-46-49-57(62)68-54-60(61-52-53-71(65,66)67,55-69-58(63)50-47-44-41-38-35-32-29-26-23-20-17-14-11-8-5-2)56-70-59(64)51-48-45-42-39-36-33-30-27-24-21-18-15-12-9-6-3/h16-21,25-30,61H,4-15,22-24,31-56H2,1-3H3,(H,65,66,67)/b19-16-,20-17-,21-18-,28-25-,29-26-,30-27-. The lowest BCUT2D eigenvalue weighted by Gasteiger charge is -2.33. The predicted octanol–water partition coefficient (Wildman–Crippen LogP) is 16.3. The van der Waals surface area contributed by atoms with Crippen molar-refractivity contribution in [2.75, 3.05) is 32.1 Å². The van der Waals surface area contributed by atoms with Gasteiger partial charge in [-0.2, -0.15) is 8.42 Å². The molecule has 0 aliphatic rings. The molecule has 0 bridgehead atoms. The third kappa shape index (κ3) is 51.4. The minimum Gasteiger partial charge on any atom is -0.463 e. The first-order valence-corrected chi connectivity index (χ1v) is 30.2. The van der Waals surface area contributed by atoms with Gasteiger partial charge in [-0.05, 0) is 116 Å². The summed E-state index contributed by atoms with van der Waals surface area (Å²) in [5, 5.41) is 3.02. The molecule has 10 nitrogen and oxygen atoms in total. The number of unbranched alkanes of at least 4 members (excludes halogenated alkanes) is 24. The van der Waals surface area contributed by atoms with Crippen molar-refractivity contribution in [1.29, 1.82) is 0 Å². The lowest BCUT2D eigenvalue weighted by molar-refractivity contribution is -0.157. The molecule has 0 fully saturated rings. The molecule has 0 aromatic heterocycles. The molecule has 0 aromatic rings. The van der Waals surface area contributed by atoms with Crippen LogP contribution in [0.4, 0.5) is 0 Å². The third-order valence-electron chi connectivity index (χ3n) is 12.4. The van der Waals surface area contributed by atoms with E-state index in [4.69, 9.17) is 14.2 Å². The summed E-state index contributed by atoms with van der Waals surface area (Å²) in [6.07, 6.45) is 62.6. The number of carbonyl (C=O) groups is 3. The van der Waals surface area contributed by atoms with E-state index in [0.29, 0.717) is 19.3 Å². The second kappa shape index (κ2) is 51.6. The van der Waals surface area contributed by atoms with E-state index in [1.165, 1.54) is 57.8 Å². The molecule has 0 atom stereocenters. The summed E-state index contributed by atoms with van der Waals surface area (Å²) in [5.41, 5.74) is -1.42. The summed E-state index contributed by atoms with van der Waals surface area (Å²) < 4.78 is 50.1. The maximum absolute atomic E-state index is 13.0. The highest BCUT2D eigenvalue weighted by molar-refractivity contribution is 7.85. The first-order valence-electron chi connectivity index (χ1n) is 28.6. The quantitative estimate of drug-likeness (QED) is 0.0199. The van der Waals surface area contributed by atoms with Crippen LogP contribution in [-0.2, 0) is 38.7 Å². The molecule has 2 N–H and O–H groups in total. The molecule has 0 heterocycles. The number of nitrogens with one attached hydrogen (secondary N) is 1. The summed E-state index contributed by atoms with van der Waals surface area (Å²) in [4.78, 5) is 39.1. The summed E-state index contributed by atoms with van der Waals surface area (Å²) in [7, 11) is -4.34. The van der Waals surface area contributed by atoms with Gasteiger partial charge in [0.25, 0.3) is 10.1 Å². The fourth-order valence-corrected chi connectivity index (χ4v) is 8.20. The Balaban J connectivity index is 5.16. The minimum absolute atomic E-state index is 0.199. The molecular formula is C60H105NO9S. The van der Waals surface area contributed by atoms with Crippen LogP contribution >= 0.6 is 0 Å². The highest BCUT2D eigenvalue weighted by Crippen LogP contribution is 2.16. The van der Waals surface area contributed by atoms with Gasteiger partial charge in [0.15, 0.2) is 0 Å². The number of hydrogen-bond acceptors (Lipinski definition) is 9. The molecule has 0 rings (SSSR count). The SMILES string of the molecule is CCCCC/C=C\C/C=C\CCCCCCCC(=O)OCC(COC(=O)CCCCCCC/C=C\C/C=C\CCCCC)(COC(=O)CCCCCCC/C=C\C/C=C\CCCCC)NCCS(=O)(=O)O. The van der Waals surface area contributed by atoms with E-state index in [9.17, 15) is 27.4 Å². The predicted molar refractivity (Wildman–Crippen MR) is 298 cm³/mol. The number of hydrogen-bond donors (Lipinski definition) is 2. The monoisotopic (exact) mass is 1020 g/mol. The van der Waals surface area contributed by atoms with Gasteiger partial charge in [0, 0.05) is 25.8 Å². The van der Waals surface area contributed by atoms with Crippen LogP contribution < -0.4 is 5.32 Å². The number of ether oxygens (including phenoxy) is 3. The first-order chi connectivity index (χ1) is 34.6. The molecule has 410 valence electrons. The van der Waals surface area contributed by atoms with Gasteiger partial charge in [0.2, 0.25) is 0 Å². The summed E-state index contributed by atoms with van der Waals surface area (Å²) in [6, 6.07) is 0. The number of carbonyl (C=O) groups excluding carboxylic acids is 3. The fraction of sp³-hybridized carbons (Fsp3) is 0.750. The largest absolute Gasteiger partial charge is 0.463 e. The summed E-state index contributed by atoms with van der Waals surface area (Å²) in [6.45, 7) is 5.48. The molecule has 0 amide bonds. The molecule has 0 saturated heterocycles. The third-order valence-corrected chi connectivity index (χ3v) is 13.1. The average Bonchev–Trinajstić information content (AvgIpc) is 3.35. The van der Waals surface area contributed by atoms with Crippen LogP contribution in [-0.4, -0.2) is 68.5 Å². The van der Waals surface area contributed by atoms with Gasteiger partial charge in [0.05, 0.1) is 5.75 Å². The van der Waals surface area contributed by atoms with Crippen molar-refractivity contribution in [2.24, 2.45) is 0 Å². The molecular weight excluding hydrogens is 911 g/mol. The normalized spacial score (nSPS) is 12.6. The minimum atomic E-state index is -4.34. The highest BCUT2D eigenvalue weighted by atomic mass is 32.2. The Labute approximate surface area is 435 Å². The topological polar surface area (TPSA) is 145 Å². The van der Waals surface area contributed by atoms with Crippen LogP contribution in [0.15, 0.2) is 72.9 Å². The average molecular weight is 1020 g/mol. The highest BCUT2D eigenvalue weighted by Gasteiger charge is 2.36. The Morgan fingerprint density at radius 3 is 0.915 bits per heavy atom. The molecule has 0 unspecified atom stereocenters. The van der Waals surface area contributed by atoms with Gasteiger partial charge in [-0.3, -0.25) is 18.9 Å². The molecule has 0 aliphatic carbocycles. The van der Waals surface area contributed by atoms with Crippen molar-refractivity contribution in [1.82, 2.24) is 5.32 Å². The van der Waals surface area contributed by atoms with E-state index < -0.39 is 39.3 Å². The molecule has 0 aromatic carbocycles. The lowest BCUT2D eigenvalue weighted by atomic mass is 10.0. The van der Waals surface area contributed by atoms with Crippen molar-refractivity contribution in [3.8, 4) is 0 Å². The van der Waals surface area contributed by atoms with Crippen molar-refractivity contribution >= 4 is 28.0 Å². The van der Waals surface area contributed by atoms with Gasteiger partial charge in [-0.15, -0.1) is 0 Å². The Morgan fingerprint density at radius 1 is 0.394 bits per heavy atom. The zero-order valence-corrected chi connectivity index (χ0v) is 46.4. The Hall–Kier alpha value is -3.28. The van der Waals surface area contributed by atoms with Crippen molar-refractivity contribution < 1.29 is 41.6 Å². The summed E-state index contributed by atoms with van der Waals surface area (Å²) in [5.74, 6) is -1.95. The maximum Gasteiger partial charge on any atom is 0.305 e. The molecule has 0 saturated carbocycles. The summed E-state index contributed by atoms with van der Waals surface area (Å²) >= 11 is 0. The Morgan fingerprint density at radius 2 is 0.648 bits per heavy atom. The maximum atomic E-state index is 13.0. The second-order valence-electron chi connectivity index (χ2n) is 19.4. The van der Waals surface area contributed by atoms with E-state index in [1.54, 1.807) is 0 Å². The zero-order valence-electron chi connectivity index (χ0n) is 45.5. The van der Waals surface area contributed by atoms with Gasteiger partial charge in [0.1, 0.15) is 25.4 Å². The lowest BCUT2D eigenvalue weighted by Crippen LogP contribution is -2.58. The molecule has 11 heteroatoms. The van der Waals surface area contributed by atoms with Crippen molar-refractivity contribution in [3.63, 3.8) is 0 Å². The smallest absolute Gasteiger partial charge is 0.305 e. The van der Waals surface area contributed by atoms with Crippen LogP contribution in [0.3, 0.4) is 0 Å². The Bertz CT molecular complexity index is 1400. The van der Waals surface area contributed by atoms with E-state index in [-0.39, 0.29) is 45.6 Å². The van der Waals surface area contributed by atoms with Crippen LogP contribution in [0.25, 0.3) is 0 Å². The van der Waals surface area contributed by atoms with Crippen molar-refractivity contribution in [2.45, 2.75) is 257 Å². The second-order valence-corrected chi connectivity index (χ2v) is 21.0. The number of rotatable bonds is 52. The fourth-order valence-electron chi connectivity index (χ4n) is 7.84. The van der Waals surface area contributed by atoms with Gasteiger partial charge < -0.3 is 19.5 Å². The molecule has 71 heavy (non-hydrogen) atoms. The van der Waals surface area contributed by atoms with Crippen LogP contribution in [0.1, 0.15) is 252 Å². The van der Waals surface area contributed by atoms with Crippen LogP contribution in [0.2, 0.25) is 0 Å². The van der Waals surface area contributed by atoms with Crippen LogP contribution in [0, 0.1) is 0 Å². The van der Waals surface area contributed by atoms with Gasteiger partial charge in [-0.25, -0.2) is 0 Å². The molecule has 0 radical (unpaired) electrons. The van der Waals surface area contributed by atoms with E-state index in [0.717, 1.165) is 135 Å². The van der Waals surface area contributed by atoms with Gasteiger partial charge in [-0.1, -0.05) is 190 Å². The van der Waals surface area contributed by atoms with Crippen molar-refractivity contribution in [3.05, 3.63) is 72.9 Å². The first kappa shape index (κ1) is 67.7. The Kier molecular flexibility index (Phi) is 49.2. The molecule has 0 aliphatic heterocycles. The van der Waals surface area contributed by atoms with Gasteiger partial charge >= 0.3 is 17.9 Å². The zero-order chi connectivity index (χ0) is 52.0. The molecule has 0 spiro atoms.